The third-order valence-electron chi connectivity index (χ3n) is 8.15. The highest BCUT2D eigenvalue weighted by Crippen LogP contribution is 2.41. The first kappa shape index (κ1) is 27.5. The fourth-order valence-electron chi connectivity index (χ4n) is 6.07. The van der Waals surface area contributed by atoms with Crippen LogP contribution in [0.1, 0.15) is 101 Å². The minimum Gasteiger partial charge on any atom is -0.491 e. The topological polar surface area (TPSA) is 35.5 Å². The van der Waals surface area contributed by atoms with Gasteiger partial charge in [0.05, 0.1) is 12.5 Å². The first-order valence-electron chi connectivity index (χ1n) is 13.6. The van der Waals surface area contributed by atoms with Crippen LogP contribution in [0.3, 0.4) is 0 Å². The quantitative estimate of drug-likeness (QED) is 0.199. The summed E-state index contributed by atoms with van der Waals surface area (Å²) in [6.07, 6.45) is 7.72. The Morgan fingerprint density at radius 3 is 1.78 bits per heavy atom. The van der Waals surface area contributed by atoms with Gasteiger partial charge in [0.2, 0.25) is 11.6 Å². The summed E-state index contributed by atoms with van der Waals surface area (Å²) in [4.78, 5) is 12.7. The van der Waals surface area contributed by atoms with Crippen molar-refractivity contribution in [1.82, 2.24) is 0 Å². The Labute approximate surface area is 216 Å². The molecule has 0 aliphatic heterocycles. The van der Waals surface area contributed by atoms with Gasteiger partial charge in [0.15, 0.2) is 23.1 Å². The van der Waals surface area contributed by atoms with Gasteiger partial charge in [-0.25, -0.2) is 8.78 Å². The summed E-state index contributed by atoms with van der Waals surface area (Å²) in [5.74, 6) is -5.23. The molecular formula is C30H36F4O3. The number of hydrogen-bond donors (Lipinski definition) is 0. The van der Waals surface area contributed by atoms with Gasteiger partial charge in [-0.3, -0.25) is 4.79 Å². The largest absolute Gasteiger partial charge is 0.491 e. The van der Waals surface area contributed by atoms with E-state index in [4.69, 9.17) is 9.47 Å². The van der Waals surface area contributed by atoms with Gasteiger partial charge in [-0.15, -0.1) is 0 Å². The second kappa shape index (κ2) is 12.3. The highest BCUT2D eigenvalue weighted by atomic mass is 19.2. The summed E-state index contributed by atoms with van der Waals surface area (Å²) >= 11 is 0. The third kappa shape index (κ3) is 6.12. The minimum atomic E-state index is -1.12. The van der Waals surface area contributed by atoms with Crippen LogP contribution in [-0.4, -0.2) is 12.6 Å². The van der Waals surface area contributed by atoms with Crippen molar-refractivity contribution < 1.29 is 31.8 Å². The number of rotatable bonds is 8. The third-order valence-corrected chi connectivity index (χ3v) is 8.15. The highest BCUT2D eigenvalue weighted by Gasteiger charge is 2.32. The van der Waals surface area contributed by atoms with Crippen molar-refractivity contribution in [2.45, 2.75) is 89.9 Å². The Balaban J connectivity index is 1.35. The molecule has 37 heavy (non-hydrogen) atoms. The van der Waals surface area contributed by atoms with Crippen molar-refractivity contribution in [3.05, 3.63) is 58.7 Å². The molecule has 0 amide bonds. The lowest BCUT2D eigenvalue weighted by Crippen LogP contribution is -2.26. The highest BCUT2D eigenvalue weighted by molar-refractivity contribution is 5.75. The van der Waals surface area contributed by atoms with E-state index in [2.05, 4.69) is 6.92 Å². The van der Waals surface area contributed by atoms with Crippen molar-refractivity contribution in [2.24, 2.45) is 11.8 Å². The van der Waals surface area contributed by atoms with Crippen molar-refractivity contribution in [2.75, 3.05) is 6.61 Å². The monoisotopic (exact) mass is 520 g/mol. The molecular weight excluding hydrogens is 484 g/mol. The van der Waals surface area contributed by atoms with Gasteiger partial charge < -0.3 is 9.47 Å². The summed E-state index contributed by atoms with van der Waals surface area (Å²) < 4.78 is 69.0. The standard InChI is InChI=1S/C30H36F4O3/c1-3-5-18-6-8-19(9-7-18)23-15-17-25(29(34)27(23)32)37-30(35)21-12-10-20(11-13-21)22-14-16-24(36-4-2)28(33)26(22)31/h14-21H,3-13H2,1-2H3. The number of halogens is 4. The lowest BCUT2D eigenvalue weighted by Gasteiger charge is -2.29. The van der Waals surface area contributed by atoms with Gasteiger partial charge >= 0.3 is 5.97 Å². The molecule has 2 fully saturated rings. The molecule has 0 unspecified atom stereocenters. The zero-order chi connectivity index (χ0) is 26.5. The van der Waals surface area contributed by atoms with Gasteiger partial charge in [0.25, 0.3) is 0 Å². The van der Waals surface area contributed by atoms with E-state index in [0.717, 1.165) is 32.1 Å². The fourth-order valence-corrected chi connectivity index (χ4v) is 6.07. The number of carbonyl (C=O) groups is 1. The van der Waals surface area contributed by atoms with Gasteiger partial charge in [-0.2, -0.15) is 8.78 Å². The van der Waals surface area contributed by atoms with Crippen LogP contribution >= 0.6 is 0 Å². The number of benzene rings is 2. The lowest BCUT2D eigenvalue weighted by molar-refractivity contribution is -0.140. The molecule has 202 valence electrons. The normalized spacial score (nSPS) is 24.1. The summed E-state index contributed by atoms with van der Waals surface area (Å²) in [5, 5.41) is 0. The minimum absolute atomic E-state index is 0.0181. The van der Waals surface area contributed by atoms with E-state index in [-0.39, 0.29) is 29.8 Å². The molecule has 0 saturated heterocycles. The molecule has 0 heterocycles. The molecule has 0 aromatic heterocycles. The Bertz CT molecular complexity index is 1090. The number of ether oxygens (including phenoxy) is 2. The van der Waals surface area contributed by atoms with Crippen LogP contribution in [0, 0.1) is 35.1 Å². The van der Waals surface area contributed by atoms with Crippen LogP contribution in [0.4, 0.5) is 17.6 Å². The van der Waals surface area contributed by atoms with Crippen LogP contribution < -0.4 is 9.47 Å². The van der Waals surface area contributed by atoms with Crippen molar-refractivity contribution in [3.8, 4) is 11.5 Å². The Morgan fingerprint density at radius 2 is 1.24 bits per heavy atom. The molecule has 7 heteroatoms. The van der Waals surface area contributed by atoms with Crippen LogP contribution in [-0.2, 0) is 4.79 Å². The van der Waals surface area contributed by atoms with E-state index in [9.17, 15) is 22.4 Å². The molecule has 2 saturated carbocycles. The van der Waals surface area contributed by atoms with Crippen molar-refractivity contribution in [3.63, 3.8) is 0 Å². The Kier molecular flexibility index (Phi) is 9.14. The molecule has 0 N–H and O–H groups in total. The number of carbonyl (C=O) groups excluding carboxylic acids is 1. The zero-order valence-electron chi connectivity index (χ0n) is 21.6. The summed E-state index contributed by atoms with van der Waals surface area (Å²) in [6.45, 7) is 4.09. The van der Waals surface area contributed by atoms with E-state index in [1.54, 1.807) is 13.0 Å². The van der Waals surface area contributed by atoms with Crippen LogP contribution in [0.15, 0.2) is 24.3 Å². The maximum Gasteiger partial charge on any atom is 0.314 e. The fraction of sp³-hybridized carbons (Fsp3) is 0.567. The van der Waals surface area contributed by atoms with E-state index in [1.807, 2.05) is 0 Å². The molecule has 0 radical (unpaired) electrons. The van der Waals surface area contributed by atoms with Gasteiger partial charge in [0.1, 0.15) is 0 Å². The average molecular weight is 521 g/mol. The van der Waals surface area contributed by atoms with Gasteiger partial charge in [-0.1, -0.05) is 31.9 Å². The zero-order valence-corrected chi connectivity index (χ0v) is 21.6. The summed E-state index contributed by atoms with van der Waals surface area (Å²) in [6, 6.07) is 5.86. The Hall–Kier alpha value is -2.57. The Morgan fingerprint density at radius 1 is 0.730 bits per heavy atom. The maximum absolute atomic E-state index is 14.9. The second-order valence-corrected chi connectivity index (χ2v) is 10.5. The maximum atomic E-state index is 14.9. The van der Waals surface area contributed by atoms with Crippen LogP contribution in [0.2, 0.25) is 0 Å². The lowest BCUT2D eigenvalue weighted by atomic mass is 9.77. The van der Waals surface area contributed by atoms with E-state index < -0.39 is 40.9 Å². The molecule has 2 aromatic rings. The molecule has 0 bridgehead atoms. The van der Waals surface area contributed by atoms with Crippen LogP contribution in [0.5, 0.6) is 11.5 Å². The summed E-state index contributed by atoms with van der Waals surface area (Å²) in [5.41, 5.74) is 0.623. The predicted octanol–water partition coefficient (Wildman–Crippen LogP) is 8.60. The molecule has 4 rings (SSSR count). The second-order valence-electron chi connectivity index (χ2n) is 10.5. The SMILES string of the molecule is CCCC1CCC(c2ccc(OC(=O)C3CCC(c4ccc(OCC)c(F)c4F)CC3)c(F)c2F)CC1. The van der Waals surface area contributed by atoms with Gasteiger partial charge in [-0.05, 0) is 99.3 Å². The van der Waals surface area contributed by atoms with E-state index in [0.29, 0.717) is 37.2 Å². The smallest absolute Gasteiger partial charge is 0.314 e. The van der Waals surface area contributed by atoms with E-state index >= 15 is 0 Å². The molecule has 3 nitrogen and oxygen atoms in total. The van der Waals surface area contributed by atoms with Gasteiger partial charge in [0, 0.05) is 0 Å². The van der Waals surface area contributed by atoms with Crippen molar-refractivity contribution in [1.29, 1.82) is 0 Å². The van der Waals surface area contributed by atoms with Crippen molar-refractivity contribution >= 4 is 5.97 Å². The molecule has 2 aliphatic carbocycles. The first-order valence-corrected chi connectivity index (χ1v) is 13.6. The molecule has 0 spiro atoms. The average Bonchev–Trinajstić information content (AvgIpc) is 2.91. The predicted molar refractivity (Wildman–Crippen MR) is 134 cm³/mol. The molecule has 2 aliphatic rings. The molecule has 0 atom stereocenters. The summed E-state index contributed by atoms with van der Waals surface area (Å²) in [7, 11) is 0. The van der Waals surface area contributed by atoms with Crippen LogP contribution in [0.25, 0.3) is 0 Å². The van der Waals surface area contributed by atoms with E-state index in [1.165, 1.54) is 24.6 Å². The number of esters is 1. The number of hydrogen-bond acceptors (Lipinski definition) is 3. The first-order chi connectivity index (χ1) is 17.8. The molecule has 2 aromatic carbocycles.